The molecule has 0 N–H and O–H groups in total. The predicted molar refractivity (Wildman–Crippen MR) is 107 cm³/mol. The van der Waals surface area contributed by atoms with Crippen molar-refractivity contribution in [3.8, 4) is 11.1 Å². The number of fused-ring (bicyclic) bond motifs is 7. The predicted octanol–water partition coefficient (Wildman–Crippen LogP) is 6.68. The summed E-state index contributed by atoms with van der Waals surface area (Å²) >= 11 is 0. The first-order valence-corrected chi connectivity index (χ1v) is 9.18. The van der Waals surface area contributed by atoms with Gasteiger partial charge in [-0.2, -0.15) is 0 Å². The molecule has 1 heterocycles. The molecule has 1 aromatic heterocycles. The van der Waals surface area contributed by atoms with E-state index in [0.29, 0.717) is 6.04 Å². The molecule has 25 heavy (non-hydrogen) atoms. The maximum absolute atomic E-state index is 2.48. The third-order valence-corrected chi connectivity index (χ3v) is 5.94. The standard InChI is InChI=1S/C24H23N/c1-15(2)25-20-12-8-6-10-17(20)23-21(25)14-13-19-22(23)16-9-5-7-11-18(16)24(19,3)4/h5-15H,1-4H3. The second-order valence-corrected chi connectivity index (χ2v) is 8.03. The fraction of sp³-hybridized carbons (Fsp3) is 0.250. The van der Waals surface area contributed by atoms with Gasteiger partial charge in [-0.15, -0.1) is 0 Å². The van der Waals surface area contributed by atoms with Crippen LogP contribution in [0.5, 0.6) is 0 Å². The van der Waals surface area contributed by atoms with Gasteiger partial charge in [0.15, 0.2) is 0 Å². The zero-order valence-electron chi connectivity index (χ0n) is 15.3. The Balaban J connectivity index is 2.06. The molecule has 1 heteroatoms. The summed E-state index contributed by atoms with van der Waals surface area (Å²) in [6, 6.07) is 22.9. The van der Waals surface area contributed by atoms with E-state index in [1.54, 1.807) is 0 Å². The van der Waals surface area contributed by atoms with Crippen molar-refractivity contribution in [2.24, 2.45) is 0 Å². The first-order chi connectivity index (χ1) is 12.0. The van der Waals surface area contributed by atoms with Crippen LogP contribution in [0, 0.1) is 0 Å². The van der Waals surface area contributed by atoms with Crippen LogP contribution in [-0.4, -0.2) is 4.57 Å². The highest BCUT2D eigenvalue weighted by molar-refractivity contribution is 6.17. The lowest BCUT2D eigenvalue weighted by molar-refractivity contribution is 0.641. The average Bonchev–Trinajstić information content (AvgIpc) is 3.06. The van der Waals surface area contributed by atoms with Crippen molar-refractivity contribution in [2.75, 3.05) is 0 Å². The van der Waals surface area contributed by atoms with Gasteiger partial charge in [-0.1, -0.05) is 62.4 Å². The molecule has 0 fully saturated rings. The topological polar surface area (TPSA) is 4.93 Å². The summed E-state index contributed by atoms with van der Waals surface area (Å²) in [5.41, 5.74) is 8.48. The first-order valence-electron chi connectivity index (χ1n) is 9.18. The van der Waals surface area contributed by atoms with Crippen molar-refractivity contribution < 1.29 is 0 Å². The Bertz CT molecular complexity index is 1140. The molecule has 0 amide bonds. The van der Waals surface area contributed by atoms with Crippen molar-refractivity contribution >= 4 is 21.8 Å². The van der Waals surface area contributed by atoms with Crippen LogP contribution >= 0.6 is 0 Å². The van der Waals surface area contributed by atoms with E-state index >= 15 is 0 Å². The van der Waals surface area contributed by atoms with Gasteiger partial charge in [-0.05, 0) is 48.2 Å². The number of aromatic nitrogens is 1. The average molecular weight is 325 g/mol. The lowest BCUT2D eigenvalue weighted by Gasteiger charge is -2.21. The van der Waals surface area contributed by atoms with Gasteiger partial charge in [0.1, 0.15) is 0 Å². The van der Waals surface area contributed by atoms with Crippen LogP contribution in [-0.2, 0) is 5.41 Å². The van der Waals surface area contributed by atoms with Gasteiger partial charge in [0, 0.05) is 33.3 Å². The summed E-state index contributed by atoms with van der Waals surface area (Å²) in [6.45, 7) is 9.25. The molecule has 1 aliphatic rings. The number of para-hydroxylation sites is 1. The van der Waals surface area contributed by atoms with E-state index in [4.69, 9.17) is 0 Å². The molecule has 0 saturated carbocycles. The molecule has 0 bridgehead atoms. The molecule has 0 atom stereocenters. The molecule has 4 aromatic rings. The number of benzene rings is 3. The quantitative estimate of drug-likeness (QED) is 0.368. The molecule has 3 aromatic carbocycles. The molecule has 0 saturated heterocycles. The third kappa shape index (κ3) is 1.73. The fourth-order valence-electron chi connectivity index (χ4n) is 4.84. The molecule has 1 nitrogen and oxygen atoms in total. The zero-order chi connectivity index (χ0) is 17.3. The van der Waals surface area contributed by atoms with Crippen LogP contribution in [0.2, 0.25) is 0 Å². The normalized spacial score (nSPS) is 15.1. The largest absolute Gasteiger partial charge is 0.338 e. The summed E-state index contributed by atoms with van der Waals surface area (Å²) in [5, 5.41) is 2.79. The SMILES string of the molecule is CC(C)n1c2ccccc2c2c3c(ccc21)C(C)(C)c1ccccc1-3. The highest BCUT2D eigenvalue weighted by Gasteiger charge is 2.37. The third-order valence-electron chi connectivity index (χ3n) is 5.94. The number of rotatable bonds is 1. The maximum Gasteiger partial charge on any atom is 0.0500 e. The summed E-state index contributed by atoms with van der Waals surface area (Å²) < 4.78 is 2.48. The van der Waals surface area contributed by atoms with E-state index in [0.717, 1.165) is 0 Å². The van der Waals surface area contributed by atoms with Crippen LogP contribution in [0.4, 0.5) is 0 Å². The second kappa shape index (κ2) is 4.76. The molecular weight excluding hydrogens is 302 g/mol. The second-order valence-electron chi connectivity index (χ2n) is 8.03. The minimum absolute atomic E-state index is 0.0567. The molecule has 0 unspecified atom stereocenters. The summed E-state index contributed by atoms with van der Waals surface area (Å²) in [7, 11) is 0. The Morgan fingerprint density at radius 2 is 1.48 bits per heavy atom. The molecule has 0 aliphatic heterocycles. The molecule has 5 rings (SSSR count). The maximum atomic E-state index is 2.48. The Morgan fingerprint density at radius 3 is 2.28 bits per heavy atom. The van der Waals surface area contributed by atoms with Gasteiger partial charge in [0.05, 0.1) is 0 Å². The van der Waals surface area contributed by atoms with Crippen LogP contribution in [0.15, 0.2) is 60.7 Å². The Morgan fingerprint density at radius 1 is 0.760 bits per heavy atom. The van der Waals surface area contributed by atoms with E-state index in [9.17, 15) is 0 Å². The van der Waals surface area contributed by atoms with Crippen molar-refractivity contribution in [3.63, 3.8) is 0 Å². The van der Waals surface area contributed by atoms with E-state index in [1.807, 2.05) is 0 Å². The van der Waals surface area contributed by atoms with Crippen LogP contribution in [0.25, 0.3) is 32.9 Å². The minimum Gasteiger partial charge on any atom is -0.338 e. The van der Waals surface area contributed by atoms with Gasteiger partial charge in [-0.3, -0.25) is 0 Å². The molecule has 0 spiro atoms. The summed E-state index contributed by atoms with van der Waals surface area (Å²) in [6.07, 6.45) is 0. The van der Waals surface area contributed by atoms with Crippen molar-refractivity contribution in [3.05, 3.63) is 71.8 Å². The smallest absolute Gasteiger partial charge is 0.0500 e. The van der Waals surface area contributed by atoms with Crippen LogP contribution in [0.3, 0.4) is 0 Å². The molecule has 0 radical (unpaired) electrons. The number of hydrogen-bond donors (Lipinski definition) is 0. The van der Waals surface area contributed by atoms with Gasteiger partial charge in [-0.25, -0.2) is 0 Å². The van der Waals surface area contributed by atoms with Gasteiger partial charge in [0.2, 0.25) is 0 Å². The number of nitrogens with zero attached hydrogens (tertiary/aromatic N) is 1. The molecule has 1 aliphatic carbocycles. The van der Waals surface area contributed by atoms with E-state index in [-0.39, 0.29) is 5.41 Å². The monoisotopic (exact) mass is 325 g/mol. The number of hydrogen-bond acceptors (Lipinski definition) is 0. The van der Waals surface area contributed by atoms with Crippen molar-refractivity contribution in [1.82, 2.24) is 4.57 Å². The van der Waals surface area contributed by atoms with Gasteiger partial charge in [0.25, 0.3) is 0 Å². The Hall–Kier alpha value is -2.54. The van der Waals surface area contributed by atoms with Gasteiger partial charge >= 0.3 is 0 Å². The molecular formula is C24H23N. The van der Waals surface area contributed by atoms with Crippen molar-refractivity contribution in [2.45, 2.75) is 39.2 Å². The summed E-state index contributed by atoms with van der Waals surface area (Å²) in [5.74, 6) is 0. The first kappa shape index (κ1) is 14.8. The van der Waals surface area contributed by atoms with Gasteiger partial charge < -0.3 is 4.57 Å². The summed E-state index contributed by atoms with van der Waals surface area (Å²) in [4.78, 5) is 0. The van der Waals surface area contributed by atoms with E-state index in [2.05, 4.69) is 92.9 Å². The van der Waals surface area contributed by atoms with Crippen LogP contribution < -0.4 is 0 Å². The highest BCUT2D eigenvalue weighted by atomic mass is 15.0. The zero-order valence-corrected chi connectivity index (χ0v) is 15.3. The molecule has 124 valence electrons. The Labute approximate surface area is 148 Å². The van der Waals surface area contributed by atoms with E-state index < -0.39 is 0 Å². The lowest BCUT2D eigenvalue weighted by atomic mass is 9.82. The lowest BCUT2D eigenvalue weighted by Crippen LogP contribution is -2.14. The van der Waals surface area contributed by atoms with E-state index in [1.165, 1.54) is 44.1 Å². The van der Waals surface area contributed by atoms with Crippen molar-refractivity contribution in [1.29, 1.82) is 0 Å². The fourth-order valence-corrected chi connectivity index (χ4v) is 4.84. The highest BCUT2D eigenvalue weighted by Crippen LogP contribution is 2.52. The van der Waals surface area contributed by atoms with Crippen LogP contribution in [0.1, 0.15) is 44.9 Å². The Kier molecular flexibility index (Phi) is 2.81. The minimum atomic E-state index is 0.0567.